The highest BCUT2D eigenvalue weighted by atomic mass is 35.5. The summed E-state index contributed by atoms with van der Waals surface area (Å²) in [6.07, 6.45) is -3.72. The summed E-state index contributed by atoms with van der Waals surface area (Å²) in [5.74, 6) is -0.269. The molecule has 1 aliphatic heterocycles. The quantitative estimate of drug-likeness (QED) is 0.634. The average molecular weight is 485 g/mol. The molecule has 1 N–H and O–H groups in total. The van der Waals surface area contributed by atoms with Crippen LogP contribution in [0.15, 0.2) is 36.5 Å². The average Bonchev–Trinajstić information content (AvgIpc) is 2.81. The largest absolute Gasteiger partial charge is 0.465 e. The number of halogens is 4. The van der Waals surface area contributed by atoms with Gasteiger partial charge in [0, 0.05) is 38.9 Å². The fourth-order valence-electron chi connectivity index (χ4n) is 3.52. The number of alkyl halides is 3. The Hall–Kier alpha value is -2.85. The molecule has 178 valence electrons. The number of amides is 1. The number of esters is 1. The van der Waals surface area contributed by atoms with E-state index in [4.69, 9.17) is 11.6 Å². The van der Waals surface area contributed by atoms with E-state index >= 15 is 0 Å². The van der Waals surface area contributed by atoms with Gasteiger partial charge in [-0.2, -0.15) is 13.2 Å². The first-order valence-electron chi connectivity index (χ1n) is 10.3. The van der Waals surface area contributed by atoms with Gasteiger partial charge in [-0.25, -0.2) is 9.78 Å². The van der Waals surface area contributed by atoms with Crippen molar-refractivity contribution >= 4 is 29.3 Å². The van der Waals surface area contributed by atoms with E-state index in [0.717, 1.165) is 17.8 Å². The fourth-order valence-corrected chi connectivity index (χ4v) is 3.80. The lowest BCUT2D eigenvalue weighted by Gasteiger charge is -2.38. The zero-order valence-corrected chi connectivity index (χ0v) is 18.9. The number of hydrogen-bond donors (Lipinski definition) is 1. The maximum Gasteiger partial charge on any atom is 0.417 e. The molecular formula is C22H24ClF3N4O3. The van der Waals surface area contributed by atoms with Crippen molar-refractivity contribution in [3.8, 4) is 0 Å². The number of piperazine rings is 1. The lowest BCUT2D eigenvalue weighted by molar-refractivity contribution is -0.137. The number of aromatic nitrogens is 1. The molecule has 1 atom stereocenters. The SMILES string of the molecule is COC(=O)c1ccc(CNC(=O)C(C)N2CCN(c3ncc(C(F)(F)F)cc3Cl)CC2)cc1. The van der Waals surface area contributed by atoms with Crippen LogP contribution in [-0.4, -0.2) is 61.1 Å². The van der Waals surface area contributed by atoms with Crippen molar-refractivity contribution in [2.75, 3.05) is 38.2 Å². The lowest BCUT2D eigenvalue weighted by atomic mass is 10.1. The number of hydrogen-bond acceptors (Lipinski definition) is 6. The molecule has 1 unspecified atom stereocenters. The molecule has 11 heteroatoms. The van der Waals surface area contributed by atoms with E-state index in [0.29, 0.717) is 44.1 Å². The monoisotopic (exact) mass is 484 g/mol. The van der Waals surface area contributed by atoms with Crippen molar-refractivity contribution in [2.45, 2.75) is 25.7 Å². The van der Waals surface area contributed by atoms with Crippen LogP contribution in [0.3, 0.4) is 0 Å². The number of ether oxygens (including phenoxy) is 1. The first kappa shape index (κ1) is 24.8. The molecule has 0 radical (unpaired) electrons. The zero-order chi connectivity index (χ0) is 24.2. The van der Waals surface area contributed by atoms with Gasteiger partial charge in [-0.3, -0.25) is 9.69 Å². The van der Waals surface area contributed by atoms with Gasteiger partial charge in [0.15, 0.2) is 0 Å². The van der Waals surface area contributed by atoms with Crippen LogP contribution in [0.25, 0.3) is 0 Å². The van der Waals surface area contributed by atoms with Gasteiger partial charge in [0.1, 0.15) is 5.82 Å². The summed E-state index contributed by atoms with van der Waals surface area (Å²) in [5, 5.41) is 2.83. The second-order valence-electron chi connectivity index (χ2n) is 7.63. The number of nitrogens with zero attached hydrogens (tertiary/aromatic N) is 3. The Kier molecular flexibility index (Phi) is 7.80. The molecule has 33 heavy (non-hydrogen) atoms. The van der Waals surface area contributed by atoms with Crippen molar-refractivity contribution in [1.29, 1.82) is 0 Å². The number of carbonyl (C=O) groups is 2. The Labute approximate surface area is 194 Å². The minimum atomic E-state index is -4.50. The number of rotatable bonds is 6. The number of pyridine rings is 1. The van der Waals surface area contributed by atoms with Gasteiger partial charge in [-0.05, 0) is 30.7 Å². The van der Waals surface area contributed by atoms with Gasteiger partial charge >= 0.3 is 12.1 Å². The number of methoxy groups -OCH3 is 1. The van der Waals surface area contributed by atoms with Crippen molar-refractivity contribution in [3.05, 3.63) is 58.2 Å². The molecule has 1 aliphatic rings. The van der Waals surface area contributed by atoms with Gasteiger partial charge in [0.25, 0.3) is 0 Å². The van der Waals surface area contributed by atoms with Gasteiger partial charge in [0.2, 0.25) is 5.91 Å². The number of nitrogens with one attached hydrogen (secondary N) is 1. The summed E-state index contributed by atoms with van der Waals surface area (Å²) < 4.78 is 43.1. The molecular weight excluding hydrogens is 461 g/mol. The van der Waals surface area contributed by atoms with Crippen LogP contribution in [0.4, 0.5) is 19.0 Å². The first-order chi connectivity index (χ1) is 15.6. The molecule has 2 heterocycles. The molecule has 3 rings (SSSR count). The molecule has 1 fully saturated rings. The van der Waals surface area contributed by atoms with E-state index in [1.54, 1.807) is 31.2 Å². The highest BCUT2D eigenvalue weighted by molar-refractivity contribution is 6.33. The summed E-state index contributed by atoms with van der Waals surface area (Å²) in [6.45, 7) is 4.13. The maximum absolute atomic E-state index is 12.8. The Morgan fingerprint density at radius 3 is 2.36 bits per heavy atom. The predicted molar refractivity (Wildman–Crippen MR) is 117 cm³/mol. The van der Waals surface area contributed by atoms with Crippen LogP contribution in [0.5, 0.6) is 0 Å². The van der Waals surface area contributed by atoms with Crippen LogP contribution in [0.1, 0.15) is 28.4 Å². The summed E-state index contributed by atoms with van der Waals surface area (Å²) in [6, 6.07) is 7.25. The van der Waals surface area contributed by atoms with E-state index < -0.39 is 23.8 Å². The van der Waals surface area contributed by atoms with E-state index in [-0.39, 0.29) is 10.9 Å². The molecule has 0 spiro atoms. The molecule has 1 aromatic carbocycles. The lowest BCUT2D eigenvalue weighted by Crippen LogP contribution is -2.54. The van der Waals surface area contributed by atoms with E-state index in [1.807, 2.05) is 9.80 Å². The molecule has 0 bridgehead atoms. The van der Waals surface area contributed by atoms with Crippen LogP contribution in [0, 0.1) is 0 Å². The van der Waals surface area contributed by atoms with Crippen LogP contribution < -0.4 is 10.2 Å². The minimum absolute atomic E-state index is 0.0534. The normalized spacial score (nSPS) is 15.8. The zero-order valence-electron chi connectivity index (χ0n) is 18.2. The molecule has 1 aromatic heterocycles. The minimum Gasteiger partial charge on any atom is -0.465 e. The first-order valence-corrected chi connectivity index (χ1v) is 10.6. The highest BCUT2D eigenvalue weighted by Gasteiger charge is 2.33. The molecule has 7 nitrogen and oxygen atoms in total. The smallest absolute Gasteiger partial charge is 0.417 e. The van der Waals surface area contributed by atoms with E-state index in [1.165, 1.54) is 7.11 Å². The van der Waals surface area contributed by atoms with E-state index in [9.17, 15) is 22.8 Å². The number of benzene rings is 1. The Balaban J connectivity index is 1.51. The molecule has 1 saturated heterocycles. The molecule has 0 saturated carbocycles. The van der Waals surface area contributed by atoms with E-state index in [2.05, 4.69) is 15.0 Å². The van der Waals surface area contributed by atoms with Gasteiger partial charge in [-0.15, -0.1) is 0 Å². The Morgan fingerprint density at radius 2 is 1.82 bits per heavy atom. The summed E-state index contributed by atoms with van der Waals surface area (Å²) in [7, 11) is 1.31. The number of anilines is 1. The van der Waals surface area contributed by atoms with Gasteiger partial charge in [0.05, 0.1) is 29.3 Å². The standard InChI is InChI=1S/C22H24ClF3N4O3/c1-14(20(31)28-12-15-3-5-16(6-4-15)21(32)33-2)29-7-9-30(10-8-29)19-18(23)11-17(13-27-19)22(24,25)26/h3-6,11,13-14H,7-10,12H2,1-2H3,(H,28,31). The van der Waals surface area contributed by atoms with Gasteiger partial charge in [-0.1, -0.05) is 23.7 Å². The maximum atomic E-state index is 12.8. The molecule has 1 amide bonds. The molecule has 2 aromatic rings. The highest BCUT2D eigenvalue weighted by Crippen LogP contribution is 2.33. The topological polar surface area (TPSA) is 74.8 Å². The fraction of sp³-hybridized carbons (Fsp3) is 0.409. The third-order valence-corrected chi connectivity index (χ3v) is 5.81. The van der Waals surface area contributed by atoms with Crippen molar-refractivity contribution in [2.24, 2.45) is 0 Å². The van der Waals surface area contributed by atoms with Crippen molar-refractivity contribution < 1.29 is 27.5 Å². The second kappa shape index (κ2) is 10.4. The van der Waals surface area contributed by atoms with Crippen LogP contribution in [-0.2, 0) is 22.3 Å². The summed E-state index contributed by atoms with van der Waals surface area (Å²) >= 11 is 6.05. The van der Waals surface area contributed by atoms with Crippen molar-refractivity contribution in [3.63, 3.8) is 0 Å². The summed E-state index contributed by atoms with van der Waals surface area (Å²) in [4.78, 5) is 31.8. The van der Waals surface area contributed by atoms with Crippen LogP contribution in [0.2, 0.25) is 5.02 Å². The number of carbonyl (C=O) groups excluding carboxylic acids is 2. The summed E-state index contributed by atoms with van der Waals surface area (Å²) in [5.41, 5.74) is 0.387. The predicted octanol–water partition coefficient (Wildman–Crippen LogP) is 3.37. The second-order valence-corrected chi connectivity index (χ2v) is 8.04. The Morgan fingerprint density at radius 1 is 1.18 bits per heavy atom. The van der Waals surface area contributed by atoms with Crippen molar-refractivity contribution in [1.82, 2.24) is 15.2 Å². The Bertz CT molecular complexity index is 993. The molecule has 0 aliphatic carbocycles. The third-order valence-electron chi connectivity index (χ3n) is 5.53. The third kappa shape index (κ3) is 6.14. The van der Waals surface area contributed by atoms with Gasteiger partial charge < -0.3 is 15.0 Å². The van der Waals surface area contributed by atoms with Crippen LogP contribution >= 0.6 is 11.6 Å².